The first-order valence-electron chi connectivity index (χ1n) is 7.66. The maximum absolute atomic E-state index is 11.6. The van der Waals surface area contributed by atoms with Crippen LogP contribution < -0.4 is 34.3 Å². The average Bonchev–Trinajstić information content (AvgIpc) is 2.91. The Labute approximate surface area is 185 Å². The summed E-state index contributed by atoms with van der Waals surface area (Å²) >= 11 is 5.44. The molecule has 9 heteroatoms. The van der Waals surface area contributed by atoms with Crippen LogP contribution in [0.2, 0.25) is 0 Å². The molecular formula is C16H21NaO4S4. The number of benzene rings is 1. The Morgan fingerprint density at radius 3 is 2.56 bits per heavy atom. The predicted octanol–water partition coefficient (Wildman–Crippen LogP) is 2.70. The first-order chi connectivity index (χ1) is 11.4. The standard InChI is InChI=1S/C16H20O4S4.Na.H/c1-3-4-5-6-7-13-15(16(21)23-22-13)11-8-9-12(20-2)14(10-11)24(17,18)19;;/h8-10H,3-7H2,1-2H3,(H,17,18,19);;/q;+1;-1. The Bertz CT molecular complexity index is 861. The molecule has 2 aromatic rings. The van der Waals surface area contributed by atoms with Gasteiger partial charge in [0.25, 0.3) is 10.1 Å². The fourth-order valence-corrected chi connectivity index (χ4v) is 6.15. The quantitative estimate of drug-likeness (QED) is 0.230. The molecule has 0 saturated heterocycles. The zero-order valence-corrected chi connectivity index (χ0v) is 19.8. The average molecular weight is 429 g/mol. The van der Waals surface area contributed by atoms with Crippen LogP contribution in [0.25, 0.3) is 11.1 Å². The Balaban J connectivity index is 0.00000312. The van der Waals surface area contributed by atoms with Crippen molar-refractivity contribution in [2.24, 2.45) is 0 Å². The predicted molar refractivity (Wildman–Crippen MR) is 104 cm³/mol. The number of ether oxygens (including phenoxy) is 1. The first kappa shape index (κ1) is 23.2. The molecule has 0 aliphatic rings. The summed E-state index contributed by atoms with van der Waals surface area (Å²) in [6, 6.07) is 4.78. The van der Waals surface area contributed by atoms with Crippen LogP contribution in [0.3, 0.4) is 0 Å². The maximum Gasteiger partial charge on any atom is 1.00 e. The SMILES string of the molecule is CCCCCCc1ssc(=S)c1-c1ccc(OC)c(S(=O)(=O)O)c1.[H-].[Na+]. The van der Waals surface area contributed by atoms with Crippen LogP contribution in [0.4, 0.5) is 0 Å². The summed E-state index contributed by atoms with van der Waals surface area (Å²) < 4.78 is 38.4. The molecule has 0 aliphatic heterocycles. The van der Waals surface area contributed by atoms with Crippen molar-refractivity contribution in [1.82, 2.24) is 0 Å². The molecule has 0 aliphatic carbocycles. The van der Waals surface area contributed by atoms with E-state index in [9.17, 15) is 13.0 Å². The second-order valence-electron chi connectivity index (χ2n) is 5.40. The molecule has 0 atom stereocenters. The van der Waals surface area contributed by atoms with Gasteiger partial charge in [0.15, 0.2) is 0 Å². The van der Waals surface area contributed by atoms with Crippen LogP contribution in [-0.4, -0.2) is 20.1 Å². The third kappa shape index (κ3) is 6.10. The largest absolute Gasteiger partial charge is 1.00 e. The zero-order valence-electron chi connectivity index (χ0n) is 15.6. The minimum absolute atomic E-state index is 0. The summed E-state index contributed by atoms with van der Waals surface area (Å²) in [4.78, 5) is 0.942. The van der Waals surface area contributed by atoms with Crippen molar-refractivity contribution in [3.8, 4) is 16.9 Å². The van der Waals surface area contributed by atoms with Crippen LogP contribution >= 0.6 is 32.9 Å². The molecule has 0 spiro atoms. The van der Waals surface area contributed by atoms with Crippen LogP contribution in [-0.2, 0) is 16.5 Å². The van der Waals surface area contributed by atoms with Gasteiger partial charge in [-0.3, -0.25) is 4.55 Å². The van der Waals surface area contributed by atoms with Gasteiger partial charge >= 0.3 is 29.6 Å². The molecule has 1 heterocycles. The fourth-order valence-electron chi connectivity index (χ4n) is 2.48. The molecule has 4 nitrogen and oxygen atoms in total. The molecule has 0 saturated carbocycles. The van der Waals surface area contributed by atoms with E-state index < -0.39 is 10.1 Å². The van der Waals surface area contributed by atoms with Gasteiger partial charge in [-0.1, -0.05) is 65.2 Å². The number of methoxy groups -OCH3 is 1. The van der Waals surface area contributed by atoms with Crippen LogP contribution in [0.1, 0.15) is 38.9 Å². The number of aryl methyl sites for hydroxylation is 1. The van der Waals surface area contributed by atoms with Crippen LogP contribution in [0.5, 0.6) is 5.75 Å². The van der Waals surface area contributed by atoms with Crippen molar-refractivity contribution in [2.45, 2.75) is 43.9 Å². The van der Waals surface area contributed by atoms with E-state index >= 15 is 0 Å². The minimum atomic E-state index is -4.36. The molecule has 0 unspecified atom stereocenters. The fraction of sp³-hybridized carbons (Fsp3) is 0.438. The van der Waals surface area contributed by atoms with Gasteiger partial charge < -0.3 is 6.16 Å². The molecule has 1 N–H and O–H groups in total. The molecule has 0 radical (unpaired) electrons. The monoisotopic (exact) mass is 428 g/mol. The number of unbranched alkanes of at least 4 members (excludes halogenated alkanes) is 3. The van der Waals surface area contributed by atoms with Gasteiger partial charge in [0.2, 0.25) is 0 Å². The molecule has 1 aromatic heterocycles. The van der Waals surface area contributed by atoms with Gasteiger partial charge in [0.05, 0.1) is 7.11 Å². The van der Waals surface area contributed by atoms with Crippen molar-refractivity contribution < 1.29 is 48.7 Å². The Morgan fingerprint density at radius 2 is 1.96 bits per heavy atom. The van der Waals surface area contributed by atoms with Gasteiger partial charge in [-0.25, -0.2) is 0 Å². The number of hydrogen-bond donors (Lipinski definition) is 1. The number of rotatable bonds is 8. The first-order valence-corrected chi connectivity index (χ1v) is 11.7. The smallest absolute Gasteiger partial charge is 1.00 e. The Morgan fingerprint density at radius 1 is 1.24 bits per heavy atom. The van der Waals surface area contributed by atoms with E-state index in [4.69, 9.17) is 17.0 Å². The van der Waals surface area contributed by atoms with Crippen molar-refractivity contribution >= 4 is 43.0 Å². The molecule has 134 valence electrons. The van der Waals surface area contributed by atoms with Crippen LogP contribution in [0.15, 0.2) is 23.1 Å². The maximum atomic E-state index is 11.6. The van der Waals surface area contributed by atoms with Gasteiger partial charge in [0.1, 0.15) is 14.5 Å². The summed E-state index contributed by atoms with van der Waals surface area (Å²) in [5.74, 6) is 0.121. The summed E-state index contributed by atoms with van der Waals surface area (Å²) in [6.45, 7) is 2.17. The molecule has 25 heavy (non-hydrogen) atoms. The second kappa shape index (κ2) is 10.5. The van der Waals surface area contributed by atoms with E-state index in [1.54, 1.807) is 22.5 Å². The molecule has 0 fully saturated rings. The zero-order chi connectivity index (χ0) is 17.7. The molecule has 0 amide bonds. The summed E-state index contributed by atoms with van der Waals surface area (Å²) in [7, 11) is 0.181. The molecule has 2 rings (SSSR count). The van der Waals surface area contributed by atoms with Crippen molar-refractivity contribution in [3.63, 3.8) is 0 Å². The van der Waals surface area contributed by atoms with E-state index in [0.29, 0.717) is 5.56 Å². The van der Waals surface area contributed by atoms with E-state index in [1.807, 2.05) is 0 Å². The van der Waals surface area contributed by atoms with E-state index in [2.05, 4.69) is 6.92 Å². The molecular weight excluding hydrogens is 407 g/mol. The third-order valence-electron chi connectivity index (χ3n) is 3.69. The third-order valence-corrected chi connectivity index (χ3v) is 7.74. The molecule has 1 aromatic carbocycles. The van der Waals surface area contributed by atoms with Gasteiger partial charge in [-0.05, 0) is 30.5 Å². The topological polar surface area (TPSA) is 63.6 Å². The normalized spacial score (nSPS) is 11.2. The van der Waals surface area contributed by atoms with Crippen molar-refractivity contribution in [3.05, 3.63) is 26.9 Å². The number of hydrogen-bond acceptors (Lipinski definition) is 6. The van der Waals surface area contributed by atoms with E-state index in [1.165, 1.54) is 47.7 Å². The van der Waals surface area contributed by atoms with Crippen molar-refractivity contribution in [1.29, 1.82) is 0 Å². The van der Waals surface area contributed by atoms with Crippen LogP contribution in [0, 0.1) is 3.82 Å². The van der Waals surface area contributed by atoms with Gasteiger partial charge in [0, 0.05) is 10.4 Å². The van der Waals surface area contributed by atoms with Gasteiger partial charge in [-0.2, -0.15) is 8.42 Å². The summed E-state index contributed by atoms with van der Waals surface area (Å²) in [5.41, 5.74) is 1.61. The second-order valence-corrected chi connectivity index (χ2v) is 9.69. The van der Waals surface area contributed by atoms with Gasteiger partial charge in [-0.15, -0.1) is 0 Å². The minimum Gasteiger partial charge on any atom is -1.00 e. The van der Waals surface area contributed by atoms with E-state index in [-0.39, 0.29) is 41.6 Å². The molecule has 0 bridgehead atoms. The Hall–Kier alpha value is 0.200. The Kier molecular flexibility index (Phi) is 9.77. The van der Waals surface area contributed by atoms with E-state index in [0.717, 1.165) is 22.2 Å². The van der Waals surface area contributed by atoms with Crippen molar-refractivity contribution in [2.75, 3.05) is 7.11 Å². The summed E-state index contributed by atoms with van der Waals surface area (Å²) in [6.07, 6.45) is 5.58. The summed E-state index contributed by atoms with van der Waals surface area (Å²) in [5, 5.41) is 0.